The lowest BCUT2D eigenvalue weighted by atomic mass is 10.1. The molecular weight excluding hydrogens is 406 g/mol. The molecule has 2 fully saturated rings. The number of rotatable bonds is 6. The molecule has 1 amide bonds. The normalized spacial score (nSPS) is 23.1. The van der Waals surface area contributed by atoms with Gasteiger partial charge in [-0.15, -0.1) is 12.4 Å². The van der Waals surface area contributed by atoms with Crippen LogP contribution in [0.3, 0.4) is 0 Å². The van der Waals surface area contributed by atoms with Crippen LogP contribution in [0.2, 0.25) is 0 Å². The molecule has 0 saturated carbocycles. The molecular formula is C18H28ClN3O5S. The molecule has 0 aliphatic carbocycles. The van der Waals surface area contributed by atoms with E-state index in [1.807, 2.05) is 6.92 Å². The Kier molecular flexibility index (Phi) is 8.08. The molecule has 1 aromatic carbocycles. The summed E-state index contributed by atoms with van der Waals surface area (Å²) in [5, 5.41) is 5.92. The number of hydrogen-bond donors (Lipinski definition) is 2. The Bertz CT molecular complexity index is 783. The number of hydrogen-bond acceptors (Lipinski definition) is 6. The molecule has 8 nitrogen and oxygen atoms in total. The first kappa shape index (κ1) is 22.9. The molecule has 0 spiro atoms. The third kappa shape index (κ3) is 4.96. The third-order valence-corrected chi connectivity index (χ3v) is 6.71. The van der Waals surface area contributed by atoms with E-state index in [2.05, 4.69) is 10.6 Å². The summed E-state index contributed by atoms with van der Waals surface area (Å²) < 4.78 is 38.5. The number of nitrogens with zero attached hydrogens (tertiary/aromatic N) is 1. The van der Waals surface area contributed by atoms with Gasteiger partial charge in [0.1, 0.15) is 16.7 Å². The van der Waals surface area contributed by atoms with Crippen molar-refractivity contribution < 1.29 is 22.7 Å². The van der Waals surface area contributed by atoms with E-state index >= 15 is 0 Å². The number of carbonyl (C=O) groups excluding carboxylic acids is 1. The summed E-state index contributed by atoms with van der Waals surface area (Å²) in [6.07, 6.45) is 1.45. The summed E-state index contributed by atoms with van der Waals surface area (Å²) in [6.45, 7) is 6.16. The largest absolute Gasteiger partial charge is 0.492 e. The summed E-state index contributed by atoms with van der Waals surface area (Å²) in [5.74, 6) is 0.0470. The zero-order valence-electron chi connectivity index (χ0n) is 16.1. The quantitative estimate of drug-likeness (QED) is 0.707. The van der Waals surface area contributed by atoms with Crippen molar-refractivity contribution in [3.63, 3.8) is 0 Å². The van der Waals surface area contributed by atoms with Gasteiger partial charge in [-0.25, -0.2) is 8.42 Å². The summed E-state index contributed by atoms with van der Waals surface area (Å²) in [7, 11) is -3.67. The average Bonchev–Trinajstić information content (AvgIpc) is 3.19. The second-order valence-corrected chi connectivity index (χ2v) is 8.61. The van der Waals surface area contributed by atoms with Crippen molar-refractivity contribution in [2.45, 2.75) is 43.7 Å². The van der Waals surface area contributed by atoms with Crippen molar-refractivity contribution in [3.05, 3.63) is 18.2 Å². The van der Waals surface area contributed by atoms with Gasteiger partial charge in [0.05, 0.1) is 19.3 Å². The number of benzene rings is 1. The SMILES string of the molecule is CCOc1ccc(NC(=O)[C@H]2NCCO[C@@H]2C)cc1S(=O)(=O)N1CCCC1.Cl. The highest BCUT2D eigenvalue weighted by atomic mass is 35.5. The number of sulfonamides is 1. The van der Waals surface area contributed by atoms with Crippen LogP contribution in [0.4, 0.5) is 5.69 Å². The molecule has 0 unspecified atom stereocenters. The molecule has 2 saturated heterocycles. The van der Waals surface area contributed by atoms with Crippen LogP contribution < -0.4 is 15.4 Å². The highest BCUT2D eigenvalue weighted by Gasteiger charge is 2.32. The van der Waals surface area contributed by atoms with Crippen LogP contribution in [0.5, 0.6) is 5.75 Å². The number of ether oxygens (including phenoxy) is 2. The van der Waals surface area contributed by atoms with E-state index in [1.54, 1.807) is 19.1 Å². The fourth-order valence-corrected chi connectivity index (χ4v) is 5.05. The van der Waals surface area contributed by atoms with Crippen LogP contribution in [0, 0.1) is 0 Å². The van der Waals surface area contributed by atoms with Crippen LogP contribution in [0.1, 0.15) is 26.7 Å². The van der Waals surface area contributed by atoms with E-state index in [9.17, 15) is 13.2 Å². The van der Waals surface area contributed by atoms with Crippen molar-refractivity contribution in [1.29, 1.82) is 0 Å². The van der Waals surface area contributed by atoms with E-state index in [-0.39, 0.29) is 29.3 Å². The van der Waals surface area contributed by atoms with E-state index in [0.29, 0.717) is 44.3 Å². The van der Waals surface area contributed by atoms with Crippen molar-refractivity contribution >= 4 is 34.0 Å². The van der Waals surface area contributed by atoms with E-state index in [0.717, 1.165) is 12.8 Å². The van der Waals surface area contributed by atoms with Gasteiger partial charge in [0, 0.05) is 25.3 Å². The summed E-state index contributed by atoms with van der Waals surface area (Å²) in [5.41, 5.74) is 0.417. The van der Waals surface area contributed by atoms with E-state index in [4.69, 9.17) is 9.47 Å². The number of anilines is 1. The van der Waals surface area contributed by atoms with Crippen LogP contribution in [-0.2, 0) is 19.6 Å². The number of halogens is 1. The Morgan fingerprint density at radius 3 is 2.71 bits per heavy atom. The fraction of sp³-hybridized carbons (Fsp3) is 0.611. The zero-order chi connectivity index (χ0) is 19.4. The van der Waals surface area contributed by atoms with Gasteiger partial charge in [0.15, 0.2) is 0 Å². The minimum absolute atomic E-state index is 0. The maximum Gasteiger partial charge on any atom is 0.246 e. The number of morpholine rings is 1. The maximum atomic E-state index is 13.0. The first-order chi connectivity index (χ1) is 12.9. The summed E-state index contributed by atoms with van der Waals surface area (Å²) in [4.78, 5) is 12.6. The predicted molar refractivity (Wildman–Crippen MR) is 109 cm³/mol. The molecule has 10 heteroatoms. The van der Waals surface area contributed by atoms with Crippen LogP contribution in [-0.4, -0.2) is 63.6 Å². The van der Waals surface area contributed by atoms with Crippen molar-refractivity contribution in [2.24, 2.45) is 0 Å². The molecule has 0 radical (unpaired) electrons. The summed E-state index contributed by atoms with van der Waals surface area (Å²) in [6, 6.07) is 4.24. The molecule has 2 atom stereocenters. The van der Waals surface area contributed by atoms with Gasteiger partial charge in [0.2, 0.25) is 15.9 Å². The Hall–Kier alpha value is -1.39. The molecule has 1 aromatic rings. The van der Waals surface area contributed by atoms with Gasteiger partial charge < -0.3 is 20.1 Å². The Labute approximate surface area is 172 Å². The average molecular weight is 434 g/mol. The van der Waals surface area contributed by atoms with E-state index in [1.165, 1.54) is 10.4 Å². The van der Waals surface area contributed by atoms with Gasteiger partial charge in [0.25, 0.3) is 0 Å². The lowest BCUT2D eigenvalue weighted by Crippen LogP contribution is -2.53. The van der Waals surface area contributed by atoms with Crippen LogP contribution in [0.25, 0.3) is 0 Å². The molecule has 0 bridgehead atoms. The minimum Gasteiger partial charge on any atom is -0.492 e. The zero-order valence-corrected chi connectivity index (χ0v) is 17.8. The highest BCUT2D eigenvalue weighted by molar-refractivity contribution is 7.89. The lowest BCUT2D eigenvalue weighted by Gasteiger charge is -2.29. The van der Waals surface area contributed by atoms with Crippen LogP contribution in [0.15, 0.2) is 23.1 Å². The lowest BCUT2D eigenvalue weighted by molar-refractivity contribution is -0.123. The molecule has 2 N–H and O–H groups in total. The number of amides is 1. The molecule has 3 rings (SSSR count). The smallest absolute Gasteiger partial charge is 0.246 e. The second kappa shape index (κ2) is 9.89. The van der Waals surface area contributed by atoms with Gasteiger partial charge in [-0.05, 0) is 44.9 Å². The van der Waals surface area contributed by atoms with Crippen molar-refractivity contribution in [3.8, 4) is 5.75 Å². The van der Waals surface area contributed by atoms with Gasteiger partial charge in [-0.1, -0.05) is 0 Å². The molecule has 0 aromatic heterocycles. The Balaban J connectivity index is 0.00000280. The van der Waals surface area contributed by atoms with Crippen molar-refractivity contribution in [1.82, 2.24) is 9.62 Å². The molecule has 2 aliphatic heterocycles. The summed E-state index contributed by atoms with van der Waals surface area (Å²) >= 11 is 0. The monoisotopic (exact) mass is 433 g/mol. The van der Waals surface area contributed by atoms with Crippen LogP contribution >= 0.6 is 12.4 Å². The maximum absolute atomic E-state index is 13.0. The second-order valence-electron chi connectivity index (χ2n) is 6.70. The Morgan fingerprint density at radius 1 is 1.36 bits per heavy atom. The topological polar surface area (TPSA) is 97.0 Å². The molecule has 28 heavy (non-hydrogen) atoms. The molecule has 158 valence electrons. The first-order valence-corrected chi connectivity index (χ1v) is 10.8. The number of carbonyl (C=O) groups is 1. The highest BCUT2D eigenvalue weighted by Crippen LogP contribution is 2.31. The standard InChI is InChI=1S/C18H27N3O5S.ClH/c1-3-25-15-7-6-14(20-18(22)17-13(2)26-11-8-19-17)12-16(15)27(23,24)21-9-4-5-10-21;/h6-7,12-13,17,19H,3-5,8-11H2,1-2H3,(H,20,22);1H/t13-,17+;/m1./s1. The molecule has 2 aliphatic rings. The van der Waals surface area contributed by atoms with Crippen molar-refractivity contribution in [2.75, 3.05) is 38.2 Å². The third-order valence-electron chi connectivity index (χ3n) is 4.79. The van der Waals surface area contributed by atoms with Gasteiger partial charge >= 0.3 is 0 Å². The van der Waals surface area contributed by atoms with Gasteiger partial charge in [-0.2, -0.15) is 4.31 Å². The van der Waals surface area contributed by atoms with E-state index < -0.39 is 16.1 Å². The minimum atomic E-state index is -3.67. The predicted octanol–water partition coefficient (Wildman–Crippen LogP) is 1.61. The first-order valence-electron chi connectivity index (χ1n) is 9.36. The molecule has 2 heterocycles. The Morgan fingerprint density at radius 2 is 2.07 bits per heavy atom. The number of nitrogens with one attached hydrogen (secondary N) is 2. The fourth-order valence-electron chi connectivity index (χ4n) is 3.38. The van der Waals surface area contributed by atoms with Gasteiger partial charge in [-0.3, -0.25) is 4.79 Å².